The van der Waals surface area contributed by atoms with E-state index in [1.54, 1.807) is 13.1 Å². The van der Waals surface area contributed by atoms with Gasteiger partial charge in [-0.1, -0.05) is 43.3 Å². The van der Waals surface area contributed by atoms with E-state index >= 15 is 0 Å². The Hall–Kier alpha value is -2.40. The first-order valence-electron chi connectivity index (χ1n) is 8.56. The van der Waals surface area contributed by atoms with Crippen LogP contribution in [0.25, 0.3) is 0 Å². The lowest BCUT2D eigenvalue weighted by atomic mass is 10.1. The maximum Gasteiger partial charge on any atom is 0.191 e. The van der Waals surface area contributed by atoms with E-state index < -0.39 is 0 Å². The van der Waals surface area contributed by atoms with Crippen LogP contribution in [0.2, 0.25) is 0 Å². The van der Waals surface area contributed by atoms with Crippen molar-refractivity contribution in [3.8, 4) is 0 Å². The first-order chi connectivity index (χ1) is 12.2. The van der Waals surface area contributed by atoms with Gasteiger partial charge in [-0.3, -0.25) is 4.99 Å². The Labute approximate surface area is 149 Å². The zero-order valence-electron chi connectivity index (χ0n) is 14.9. The normalized spacial score (nSPS) is 11.4. The number of nitrogens with one attached hydrogen (secondary N) is 2. The highest BCUT2D eigenvalue weighted by Gasteiger charge is 2.04. The van der Waals surface area contributed by atoms with Crippen molar-refractivity contribution in [1.82, 2.24) is 10.6 Å². The van der Waals surface area contributed by atoms with Crippen LogP contribution in [0.5, 0.6) is 0 Å². The summed E-state index contributed by atoms with van der Waals surface area (Å²) in [5.74, 6) is 0.441. The Morgan fingerprint density at radius 2 is 1.80 bits per heavy atom. The molecule has 25 heavy (non-hydrogen) atoms. The monoisotopic (exact) mass is 343 g/mol. The highest BCUT2D eigenvalue weighted by Crippen LogP contribution is 2.10. The van der Waals surface area contributed by atoms with E-state index in [9.17, 15) is 4.39 Å². The van der Waals surface area contributed by atoms with Gasteiger partial charge in [0, 0.05) is 26.7 Å². The zero-order chi connectivity index (χ0) is 17.9. The van der Waals surface area contributed by atoms with Gasteiger partial charge in [0.2, 0.25) is 0 Å². The molecule has 2 N–H and O–H groups in total. The van der Waals surface area contributed by atoms with Gasteiger partial charge in [-0.2, -0.15) is 0 Å². The minimum atomic E-state index is -0.233. The van der Waals surface area contributed by atoms with Crippen molar-refractivity contribution in [3.05, 3.63) is 71.0 Å². The SMILES string of the molecule is CCCOCc1ccccc1CNC(=NC)NCc1cccc(F)c1. The average molecular weight is 343 g/mol. The number of halogens is 1. The number of hydrogen-bond acceptors (Lipinski definition) is 2. The molecule has 0 aromatic heterocycles. The van der Waals surface area contributed by atoms with E-state index in [-0.39, 0.29) is 5.82 Å². The topological polar surface area (TPSA) is 45.6 Å². The summed E-state index contributed by atoms with van der Waals surface area (Å²) in [6, 6.07) is 14.7. The van der Waals surface area contributed by atoms with Crippen molar-refractivity contribution in [3.63, 3.8) is 0 Å². The molecule has 2 rings (SSSR count). The molecule has 0 bridgehead atoms. The second-order valence-corrected chi connectivity index (χ2v) is 5.73. The molecule has 5 heteroatoms. The van der Waals surface area contributed by atoms with Crippen LogP contribution in [-0.4, -0.2) is 19.6 Å². The Kier molecular flexibility index (Phi) is 7.92. The van der Waals surface area contributed by atoms with Crippen LogP contribution < -0.4 is 10.6 Å². The van der Waals surface area contributed by atoms with Crippen LogP contribution >= 0.6 is 0 Å². The summed E-state index contributed by atoms with van der Waals surface area (Å²) >= 11 is 0. The summed E-state index contributed by atoms with van der Waals surface area (Å²) in [6.45, 7) is 4.63. The Morgan fingerprint density at radius 3 is 2.52 bits per heavy atom. The van der Waals surface area contributed by atoms with Crippen LogP contribution in [0.4, 0.5) is 4.39 Å². The van der Waals surface area contributed by atoms with Gasteiger partial charge in [0.25, 0.3) is 0 Å². The van der Waals surface area contributed by atoms with E-state index in [2.05, 4.69) is 34.7 Å². The molecule has 2 aromatic carbocycles. The molecule has 0 atom stereocenters. The minimum absolute atomic E-state index is 0.233. The number of hydrogen-bond donors (Lipinski definition) is 2. The lowest BCUT2D eigenvalue weighted by molar-refractivity contribution is 0.121. The maximum absolute atomic E-state index is 13.2. The second kappa shape index (κ2) is 10.5. The lowest BCUT2D eigenvalue weighted by Gasteiger charge is -2.14. The number of aliphatic imine (C=N–C) groups is 1. The Balaban J connectivity index is 1.88. The standard InChI is InChI=1S/C20H26FN3O/c1-3-11-25-15-18-9-5-4-8-17(18)14-24-20(22-2)23-13-16-7-6-10-19(21)12-16/h4-10,12H,3,11,13-15H2,1-2H3,(H2,22,23,24). The molecule has 0 fully saturated rings. The largest absolute Gasteiger partial charge is 0.377 e. The summed E-state index contributed by atoms with van der Waals surface area (Å²) in [6.07, 6.45) is 1.01. The van der Waals surface area contributed by atoms with Crippen molar-refractivity contribution < 1.29 is 9.13 Å². The third-order valence-corrected chi connectivity index (χ3v) is 3.74. The average Bonchev–Trinajstić information content (AvgIpc) is 2.63. The fourth-order valence-corrected chi connectivity index (χ4v) is 2.43. The van der Waals surface area contributed by atoms with Gasteiger partial charge in [0.15, 0.2) is 5.96 Å². The molecule has 134 valence electrons. The summed E-state index contributed by atoms with van der Waals surface area (Å²) in [7, 11) is 1.72. The molecule has 0 heterocycles. The lowest BCUT2D eigenvalue weighted by Crippen LogP contribution is -2.36. The molecule has 0 radical (unpaired) electrons. The van der Waals surface area contributed by atoms with Gasteiger partial charge >= 0.3 is 0 Å². The van der Waals surface area contributed by atoms with E-state index in [1.807, 2.05) is 18.2 Å². The summed E-state index contributed by atoms with van der Waals surface area (Å²) in [5.41, 5.74) is 3.22. The summed E-state index contributed by atoms with van der Waals surface area (Å²) < 4.78 is 18.9. The Bertz CT molecular complexity index is 688. The molecule has 0 saturated heterocycles. The van der Waals surface area contributed by atoms with Crippen LogP contribution in [0, 0.1) is 5.82 Å². The number of nitrogens with zero attached hydrogens (tertiary/aromatic N) is 1. The molecule has 0 saturated carbocycles. The smallest absolute Gasteiger partial charge is 0.191 e. The van der Waals surface area contributed by atoms with Gasteiger partial charge in [0.1, 0.15) is 5.82 Å². The molecule has 0 aliphatic carbocycles. The van der Waals surface area contributed by atoms with Crippen LogP contribution in [0.1, 0.15) is 30.0 Å². The van der Waals surface area contributed by atoms with Crippen LogP contribution in [0.15, 0.2) is 53.5 Å². The number of rotatable bonds is 8. The van der Waals surface area contributed by atoms with Crippen molar-refractivity contribution in [2.45, 2.75) is 33.0 Å². The number of guanidine groups is 1. The van der Waals surface area contributed by atoms with Crippen molar-refractivity contribution >= 4 is 5.96 Å². The van der Waals surface area contributed by atoms with Crippen molar-refractivity contribution in [1.29, 1.82) is 0 Å². The van der Waals surface area contributed by atoms with Gasteiger partial charge < -0.3 is 15.4 Å². The van der Waals surface area contributed by atoms with Crippen molar-refractivity contribution in [2.75, 3.05) is 13.7 Å². The summed E-state index contributed by atoms with van der Waals surface area (Å²) in [4.78, 5) is 4.22. The third kappa shape index (κ3) is 6.55. The van der Waals surface area contributed by atoms with Crippen LogP contribution in [-0.2, 0) is 24.4 Å². The van der Waals surface area contributed by atoms with Gasteiger partial charge in [-0.25, -0.2) is 4.39 Å². The highest BCUT2D eigenvalue weighted by atomic mass is 19.1. The first kappa shape index (κ1) is 18.9. The van der Waals surface area contributed by atoms with E-state index in [4.69, 9.17) is 4.74 Å². The van der Waals surface area contributed by atoms with Gasteiger partial charge in [0.05, 0.1) is 6.61 Å². The predicted molar refractivity (Wildman–Crippen MR) is 99.8 cm³/mol. The molecule has 2 aromatic rings. The van der Waals surface area contributed by atoms with E-state index in [0.29, 0.717) is 25.7 Å². The number of benzene rings is 2. The predicted octanol–water partition coefficient (Wildman–Crippen LogP) is 3.62. The third-order valence-electron chi connectivity index (χ3n) is 3.74. The Morgan fingerprint density at radius 1 is 1.04 bits per heavy atom. The first-order valence-corrected chi connectivity index (χ1v) is 8.56. The van der Waals surface area contributed by atoms with E-state index in [1.165, 1.54) is 23.3 Å². The number of ether oxygens (including phenoxy) is 1. The molecule has 0 amide bonds. The molecular formula is C20H26FN3O. The maximum atomic E-state index is 13.2. The van der Waals surface area contributed by atoms with Crippen molar-refractivity contribution in [2.24, 2.45) is 4.99 Å². The molecule has 0 spiro atoms. The summed E-state index contributed by atoms with van der Waals surface area (Å²) in [5, 5.41) is 6.49. The van der Waals surface area contributed by atoms with E-state index in [0.717, 1.165) is 18.6 Å². The van der Waals surface area contributed by atoms with Crippen LogP contribution in [0.3, 0.4) is 0 Å². The molecule has 0 aliphatic heterocycles. The highest BCUT2D eigenvalue weighted by molar-refractivity contribution is 5.79. The molecular weight excluding hydrogens is 317 g/mol. The second-order valence-electron chi connectivity index (χ2n) is 5.73. The molecule has 4 nitrogen and oxygen atoms in total. The fraction of sp³-hybridized carbons (Fsp3) is 0.350. The fourth-order valence-electron chi connectivity index (χ4n) is 2.43. The van der Waals surface area contributed by atoms with Gasteiger partial charge in [-0.05, 0) is 35.2 Å². The molecule has 0 aliphatic rings. The van der Waals surface area contributed by atoms with Gasteiger partial charge in [-0.15, -0.1) is 0 Å². The zero-order valence-corrected chi connectivity index (χ0v) is 14.9. The quantitative estimate of drug-likeness (QED) is 0.437. The minimum Gasteiger partial charge on any atom is -0.377 e. The molecule has 0 unspecified atom stereocenters.